The van der Waals surface area contributed by atoms with Crippen LogP contribution in [-0.2, 0) is 0 Å². The molecular formula is C9H6F2N6O2. The highest BCUT2D eigenvalue weighted by Gasteiger charge is 2.17. The summed E-state index contributed by atoms with van der Waals surface area (Å²) in [6.45, 7) is 0. The van der Waals surface area contributed by atoms with E-state index in [1.54, 1.807) is 0 Å². The van der Waals surface area contributed by atoms with Crippen molar-refractivity contribution in [2.24, 2.45) is 5.73 Å². The molecule has 0 bridgehead atoms. The molecule has 2 aromatic rings. The zero-order valence-corrected chi connectivity index (χ0v) is 9.15. The Balaban J connectivity index is 2.32. The third-order valence-corrected chi connectivity index (χ3v) is 2.12. The maximum atomic E-state index is 13.4. The van der Waals surface area contributed by atoms with Gasteiger partial charge < -0.3 is 11.1 Å². The van der Waals surface area contributed by atoms with Crippen LogP contribution < -0.4 is 11.1 Å². The van der Waals surface area contributed by atoms with E-state index in [2.05, 4.69) is 20.7 Å². The van der Waals surface area contributed by atoms with Gasteiger partial charge in [-0.15, -0.1) is 10.2 Å². The summed E-state index contributed by atoms with van der Waals surface area (Å²) in [5.74, 6) is -4.51. The van der Waals surface area contributed by atoms with Crippen LogP contribution in [-0.4, -0.2) is 32.4 Å². The summed E-state index contributed by atoms with van der Waals surface area (Å²) >= 11 is 0. The number of amides is 2. The Kier molecular flexibility index (Phi) is 3.14. The fourth-order valence-corrected chi connectivity index (χ4v) is 1.27. The van der Waals surface area contributed by atoms with Crippen LogP contribution in [0.2, 0.25) is 0 Å². The third kappa shape index (κ3) is 2.51. The quantitative estimate of drug-likeness (QED) is 0.712. The lowest BCUT2D eigenvalue weighted by Crippen LogP contribution is -2.18. The van der Waals surface area contributed by atoms with Gasteiger partial charge in [0.15, 0.2) is 0 Å². The van der Waals surface area contributed by atoms with E-state index in [1.165, 1.54) is 0 Å². The Morgan fingerprint density at radius 1 is 1.26 bits per heavy atom. The maximum Gasteiger partial charge on any atom is 0.297 e. The van der Waals surface area contributed by atoms with Crippen LogP contribution in [0.15, 0.2) is 12.1 Å². The van der Waals surface area contributed by atoms with E-state index < -0.39 is 34.7 Å². The number of nitrogens with zero attached hydrogens (tertiary/aromatic N) is 3. The number of halogens is 2. The largest absolute Gasteiger partial charge is 0.366 e. The molecule has 0 aliphatic rings. The molecule has 0 saturated carbocycles. The number of aromatic nitrogens is 4. The molecule has 4 N–H and O–H groups in total. The number of nitrogens with two attached hydrogens (primary N) is 1. The number of nitrogens with one attached hydrogen (secondary N) is 2. The smallest absolute Gasteiger partial charge is 0.297 e. The number of primary amides is 1. The number of hydrogen-bond acceptors (Lipinski definition) is 5. The fourth-order valence-electron chi connectivity index (χ4n) is 1.27. The summed E-state index contributed by atoms with van der Waals surface area (Å²) in [7, 11) is 0. The van der Waals surface area contributed by atoms with Crippen molar-refractivity contribution in [1.29, 1.82) is 0 Å². The van der Waals surface area contributed by atoms with Crippen molar-refractivity contribution in [2.45, 2.75) is 0 Å². The van der Waals surface area contributed by atoms with Gasteiger partial charge in [-0.05, 0) is 11.3 Å². The van der Waals surface area contributed by atoms with Gasteiger partial charge >= 0.3 is 0 Å². The minimum absolute atomic E-state index is 0.343. The van der Waals surface area contributed by atoms with Gasteiger partial charge in [0.1, 0.15) is 11.6 Å². The average molecular weight is 268 g/mol. The van der Waals surface area contributed by atoms with E-state index in [-0.39, 0.29) is 5.82 Å². The Labute approximate surface area is 104 Å². The second-order valence-corrected chi connectivity index (χ2v) is 3.37. The van der Waals surface area contributed by atoms with E-state index >= 15 is 0 Å². The summed E-state index contributed by atoms with van der Waals surface area (Å²) in [4.78, 5) is 22.4. The van der Waals surface area contributed by atoms with Crippen LogP contribution >= 0.6 is 0 Å². The molecule has 0 aliphatic carbocycles. The van der Waals surface area contributed by atoms with Gasteiger partial charge in [0.25, 0.3) is 17.6 Å². The first-order valence-electron chi connectivity index (χ1n) is 4.82. The number of tetrazole rings is 1. The summed E-state index contributed by atoms with van der Waals surface area (Å²) in [6.07, 6.45) is 0. The molecule has 0 saturated heterocycles. The Morgan fingerprint density at radius 3 is 2.58 bits per heavy atom. The molecule has 1 aromatic carbocycles. The van der Waals surface area contributed by atoms with E-state index in [9.17, 15) is 18.4 Å². The van der Waals surface area contributed by atoms with Crippen LogP contribution in [0, 0.1) is 11.6 Å². The topological polar surface area (TPSA) is 127 Å². The highest BCUT2D eigenvalue weighted by Crippen LogP contribution is 2.19. The number of anilines is 1. The van der Waals surface area contributed by atoms with Gasteiger partial charge in [-0.2, -0.15) is 5.21 Å². The lowest BCUT2D eigenvalue weighted by atomic mass is 10.1. The molecular weight excluding hydrogens is 262 g/mol. The standard InChI is InChI=1S/C9H6F2N6O2/c10-4-2-5(11)6(1-3(4)7(12)18)13-9(19)8-14-16-17-15-8/h1-2H,(H2,12,18)(H,13,19)(H,14,15,16,17). The highest BCUT2D eigenvalue weighted by molar-refractivity contribution is 6.02. The lowest BCUT2D eigenvalue weighted by Gasteiger charge is -2.06. The Bertz CT molecular complexity index is 642. The number of rotatable bonds is 3. The zero-order chi connectivity index (χ0) is 14.0. The SMILES string of the molecule is NC(=O)c1cc(NC(=O)c2nn[nH]n2)c(F)cc1F. The van der Waals surface area contributed by atoms with Gasteiger partial charge in [0, 0.05) is 6.07 Å². The molecule has 0 spiro atoms. The summed E-state index contributed by atoms with van der Waals surface area (Å²) < 4.78 is 26.6. The molecule has 1 heterocycles. The van der Waals surface area contributed by atoms with E-state index in [1.807, 2.05) is 5.21 Å². The monoisotopic (exact) mass is 268 g/mol. The normalized spacial score (nSPS) is 10.2. The van der Waals surface area contributed by atoms with Crippen molar-refractivity contribution in [3.63, 3.8) is 0 Å². The molecule has 0 unspecified atom stereocenters. The molecule has 1 aromatic heterocycles. The van der Waals surface area contributed by atoms with Crippen LogP contribution in [0.4, 0.5) is 14.5 Å². The molecule has 0 fully saturated rings. The first-order valence-corrected chi connectivity index (χ1v) is 4.82. The van der Waals surface area contributed by atoms with Gasteiger partial charge in [-0.3, -0.25) is 9.59 Å². The van der Waals surface area contributed by atoms with E-state index in [4.69, 9.17) is 5.73 Å². The second-order valence-electron chi connectivity index (χ2n) is 3.37. The lowest BCUT2D eigenvalue weighted by molar-refractivity contribution is 0.0991. The second kappa shape index (κ2) is 4.76. The molecule has 8 nitrogen and oxygen atoms in total. The van der Waals surface area contributed by atoms with Gasteiger partial charge in [0.2, 0.25) is 0 Å². The molecule has 0 aliphatic heterocycles. The van der Waals surface area contributed by atoms with Crippen molar-refractivity contribution >= 4 is 17.5 Å². The van der Waals surface area contributed by atoms with Crippen molar-refractivity contribution in [1.82, 2.24) is 20.6 Å². The molecule has 19 heavy (non-hydrogen) atoms. The van der Waals surface area contributed by atoms with E-state index in [0.717, 1.165) is 6.07 Å². The van der Waals surface area contributed by atoms with Gasteiger partial charge in [-0.25, -0.2) is 8.78 Å². The third-order valence-electron chi connectivity index (χ3n) is 2.12. The number of H-pyrrole nitrogens is 1. The van der Waals surface area contributed by atoms with E-state index in [0.29, 0.717) is 6.07 Å². The number of carbonyl (C=O) groups excluding carboxylic acids is 2. The maximum absolute atomic E-state index is 13.4. The summed E-state index contributed by atoms with van der Waals surface area (Å²) in [5.41, 5.74) is 3.93. The number of aromatic amines is 1. The Hall–Kier alpha value is -2.91. The fraction of sp³-hybridized carbons (Fsp3) is 0. The van der Waals surface area contributed by atoms with Crippen molar-refractivity contribution in [2.75, 3.05) is 5.32 Å². The van der Waals surface area contributed by atoms with Crippen LogP contribution in [0.3, 0.4) is 0 Å². The number of hydrogen-bond donors (Lipinski definition) is 3. The van der Waals surface area contributed by atoms with Crippen molar-refractivity contribution < 1.29 is 18.4 Å². The molecule has 2 amide bonds. The molecule has 0 atom stereocenters. The summed E-state index contributed by atoms with van der Waals surface area (Å²) in [6, 6.07) is 1.22. The van der Waals surface area contributed by atoms with Crippen molar-refractivity contribution in [3.05, 3.63) is 35.2 Å². The molecule has 98 valence electrons. The first kappa shape index (κ1) is 12.5. The van der Waals surface area contributed by atoms with Gasteiger partial charge in [0.05, 0.1) is 11.3 Å². The Morgan fingerprint density at radius 2 is 2.00 bits per heavy atom. The minimum atomic E-state index is -1.12. The molecule has 10 heteroatoms. The predicted molar refractivity (Wildman–Crippen MR) is 57.0 cm³/mol. The number of carbonyl (C=O) groups is 2. The minimum Gasteiger partial charge on any atom is -0.366 e. The zero-order valence-electron chi connectivity index (χ0n) is 9.15. The predicted octanol–water partition coefficient (Wildman–Crippen LogP) is -0.171. The van der Waals surface area contributed by atoms with Crippen molar-refractivity contribution in [3.8, 4) is 0 Å². The number of benzene rings is 1. The van der Waals surface area contributed by atoms with Gasteiger partial charge in [-0.1, -0.05) is 0 Å². The van der Waals surface area contributed by atoms with Crippen LogP contribution in [0.1, 0.15) is 21.0 Å². The first-order chi connectivity index (χ1) is 8.99. The van der Waals surface area contributed by atoms with Crippen LogP contribution in [0.5, 0.6) is 0 Å². The molecule has 2 rings (SSSR count). The van der Waals surface area contributed by atoms with Crippen LogP contribution in [0.25, 0.3) is 0 Å². The molecule has 0 radical (unpaired) electrons. The average Bonchev–Trinajstić information content (AvgIpc) is 2.85. The highest BCUT2D eigenvalue weighted by atomic mass is 19.1. The summed E-state index contributed by atoms with van der Waals surface area (Å²) in [5, 5.41) is 14.0.